The van der Waals surface area contributed by atoms with Crippen molar-refractivity contribution < 1.29 is 26.3 Å². The summed E-state index contributed by atoms with van der Waals surface area (Å²) in [5, 5.41) is 0. The molecule has 1 heterocycles. The predicted octanol–water partition coefficient (Wildman–Crippen LogP) is 4.42. The van der Waals surface area contributed by atoms with Crippen LogP contribution in [0.25, 0.3) is 0 Å². The quantitative estimate of drug-likeness (QED) is 0.612. The molecule has 1 aliphatic carbocycles. The Hall–Kier alpha value is -2.06. The van der Waals surface area contributed by atoms with Crippen LogP contribution in [0, 0.1) is 5.92 Å². The average Bonchev–Trinajstić information content (AvgIpc) is 3.39. The van der Waals surface area contributed by atoms with Crippen LogP contribution in [0.3, 0.4) is 0 Å². The zero-order chi connectivity index (χ0) is 21.4. The lowest BCUT2D eigenvalue weighted by molar-refractivity contribution is -0.138. The molecule has 0 unspecified atom stereocenters. The number of aryl methyl sites for hydroxylation is 1. The van der Waals surface area contributed by atoms with Crippen molar-refractivity contribution in [2.75, 3.05) is 18.9 Å². The molecule has 1 aliphatic heterocycles. The predicted molar refractivity (Wildman–Crippen MR) is 108 cm³/mol. The molecular weight excluding hydrogens is 415 g/mol. The Balaban J connectivity index is 1.51. The highest BCUT2D eigenvalue weighted by molar-refractivity contribution is 7.89. The van der Waals surface area contributed by atoms with Gasteiger partial charge in [-0.1, -0.05) is 30.3 Å². The molecule has 2 aromatic rings. The molecule has 4 nitrogen and oxygen atoms in total. The van der Waals surface area contributed by atoms with Crippen molar-refractivity contribution in [2.45, 2.75) is 38.4 Å². The second-order valence-corrected chi connectivity index (χ2v) is 10.1. The Morgan fingerprint density at radius 2 is 1.87 bits per heavy atom. The van der Waals surface area contributed by atoms with Gasteiger partial charge in [-0.25, -0.2) is 8.42 Å². The minimum absolute atomic E-state index is 0.0103. The molecule has 0 bridgehead atoms. The number of fused-ring (bicyclic) bond motifs is 1. The summed E-state index contributed by atoms with van der Waals surface area (Å²) in [6.45, 7) is 0.643. The van der Waals surface area contributed by atoms with Gasteiger partial charge in [0.2, 0.25) is 10.0 Å². The first-order chi connectivity index (χ1) is 14.2. The van der Waals surface area contributed by atoms with Crippen LogP contribution in [-0.4, -0.2) is 31.6 Å². The van der Waals surface area contributed by atoms with Crippen molar-refractivity contribution >= 4 is 10.0 Å². The van der Waals surface area contributed by atoms with E-state index in [1.54, 1.807) is 0 Å². The van der Waals surface area contributed by atoms with Gasteiger partial charge in [0, 0.05) is 19.5 Å². The van der Waals surface area contributed by atoms with Crippen LogP contribution in [0.2, 0.25) is 0 Å². The van der Waals surface area contributed by atoms with E-state index < -0.39 is 21.8 Å². The van der Waals surface area contributed by atoms with Gasteiger partial charge in [-0.05, 0) is 54.0 Å². The van der Waals surface area contributed by atoms with E-state index in [1.807, 2.05) is 18.2 Å². The Kier molecular flexibility index (Phi) is 5.81. The largest absolute Gasteiger partial charge is 0.493 e. The lowest BCUT2D eigenvalue weighted by Crippen LogP contribution is -2.35. The number of halogens is 3. The normalized spacial score (nSPS) is 16.5. The average molecular weight is 439 g/mol. The molecule has 30 heavy (non-hydrogen) atoms. The summed E-state index contributed by atoms with van der Waals surface area (Å²) in [4.78, 5) is 0. The summed E-state index contributed by atoms with van der Waals surface area (Å²) in [5.74, 6) is 0.934. The maximum atomic E-state index is 13.4. The van der Waals surface area contributed by atoms with Crippen molar-refractivity contribution in [3.63, 3.8) is 0 Å². The Bertz CT molecular complexity index is 1020. The summed E-state index contributed by atoms with van der Waals surface area (Å²) in [6.07, 6.45) is -1.57. The molecule has 162 valence electrons. The highest BCUT2D eigenvalue weighted by atomic mass is 32.2. The highest BCUT2D eigenvalue weighted by Gasteiger charge is 2.36. The van der Waals surface area contributed by atoms with Gasteiger partial charge >= 0.3 is 6.18 Å². The van der Waals surface area contributed by atoms with Crippen LogP contribution in [0.5, 0.6) is 5.75 Å². The molecule has 0 radical (unpaired) electrons. The summed E-state index contributed by atoms with van der Waals surface area (Å²) in [7, 11) is -3.72. The summed E-state index contributed by atoms with van der Waals surface area (Å²) in [6, 6.07) is 10.9. The number of rotatable bonds is 8. The number of benzene rings is 2. The van der Waals surface area contributed by atoms with E-state index in [0.717, 1.165) is 42.2 Å². The monoisotopic (exact) mass is 439 g/mol. The summed E-state index contributed by atoms with van der Waals surface area (Å²) in [5.41, 5.74) is 1.17. The fourth-order valence-corrected chi connectivity index (χ4v) is 5.29. The molecule has 2 aromatic carbocycles. The number of alkyl halides is 3. The van der Waals surface area contributed by atoms with Crippen LogP contribution < -0.4 is 4.74 Å². The minimum Gasteiger partial charge on any atom is -0.493 e. The number of nitrogens with zero attached hydrogens (tertiary/aromatic N) is 1. The molecule has 8 heteroatoms. The molecule has 4 rings (SSSR count). The molecule has 0 saturated heterocycles. The van der Waals surface area contributed by atoms with Gasteiger partial charge in [0.05, 0.1) is 17.9 Å². The fourth-order valence-electron chi connectivity index (χ4n) is 3.76. The first-order valence-corrected chi connectivity index (χ1v) is 11.7. The molecule has 0 N–H and O–H groups in total. The van der Waals surface area contributed by atoms with Crippen LogP contribution in [0.1, 0.15) is 35.1 Å². The standard InChI is InChI=1S/C22H24F3NO3S/c23-22(24,25)20-4-2-1-3-19(20)15-26(14-17-5-6-17)30(27,28)12-10-16-7-8-21-18(13-16)9-11-29-21/h1-4,7-8,13,17H,5-6,9-12,14-15H2. The van der Waals surface area contributed by atoms with Gasteiger partial charge in [0.1, 0.15) is 5.75 Å². The van der Waals surface area contributed by atoms with E-state index in [1.165, 1.54) is 22.5 Å². The molecule has 2 aliphatic rings. The van der Waals surface area contributed by atoms with Crippen molar-refractivity contribution in [2.24, 2.45) is 5.92 Å². The SMILES string of the molecule is O=S(=O)(CCc1ccc2c(c1)CCO2)N(Cc1ccccc1C(F)(F)F)CC1CC1. The van der Waals surface area contributed by atoms with E-state index in [9.17, 15) is 21.6 Å². The number of ether oxygens (including phenoxy) is 1. The highest BCUT2D eigenvalue weighted by Crippen LogP contribution is 2.35. The van der Waals surface area contributed by atoms with Crippen LogP contribution >= 0.6 is 0 Å². The lowest BCUT2D eigenvalue weighted by Gasteiger charge is -2.24. The minimum atomic E-state index is -4.52. The van der Waals surface area contributed by atoms with Crippen molar-refractivity contribution in [1.82, 2.24) is 4.31 Å². The molecular formula is C22H24F3NO3S. The summed E-state index contributed by atoms with van der Waals surface area (Å²) < 4.78 is 73.0. The Morgan fingerprint density at radius 1 is 1.10 bits per heavy atom. The zero-order valence-corrected chi connectivity index (χ0v) is 17.3. The topological polar surface area (TPSA) is 46.6 Å². The van der Waals surface area contributed by atoms with E-state index in [2.05, 4.69) is 0 Å². The molecule has 0 amide bonds. The molecule has 1 fully saturated rings. The Labute approximate surface area is 174 Å². The number of hydrogen-bond acceptors (Lipinski definition) is 3. The van der Waals surface area contributed by atoms with Crippen LogP contribution in [0.4, 0.5) is 13.2 Å². The van der Waals surface area contributed by atoms with Gasteiger partial charge < -0.3 is 4.74 Å². The Morgan fingerprint density at radius 3 is 2.60 bits per heavy atom. The summed E-state index contributed by atoms with van der Waals surface area (Å²) >= 11 is 0. The van der Waals surface area contributed by atoms with Gasteiger partial charge in [-0.15, -0.1) is 0 Å². The first-order valence-electron chi connectivity index (χ1n) is 10.1. The number of sulfonamides is 1. The zero-order valence-electron chi connectivity index (χ0n) is 16.5. The van der Waals surface area contributed by atoms with Crippen molar-refractivity contribution in [1.29, 1.82) is 0 Å². The fraction of sp³-hybridized carbons (Fsp3) is 0.455. The second-order valence-electron chi connectivity index (χ2n) is 8.00. The van der Waals surface area contributed by atoms with Crippen LogP contribution in [-0.2, 0) is 35.6 Å². The van der Waals surface area contributed by atoms with Gasteiger partial charge in [-0.3, -0.25) is 0 Å². The maximum absolute atomic E-state index is 13.4. The van der Waals surface area contributed by atoms with Gasteiger partial charge in [0.15, 0.2) is 0 Å². The smallest absolute Gasteiger partial charge is 0.416 e. The van der Waals surface area contributed by atoms with E-state index in [4.69, 9.17) is 4.74 Å². The van der Waals surface area contributed by atoms with Gasteiger partial charge in [-0.2, -0.15) is 17.5 Å². The van der Waals surface area contributed by atoms with Crippen molar-refractivity contribution in [3.8, 4) is 5.75 Å². The third-order valence-corrected chi connectivity index (χ3v) is 7.41. The molecule has 0 spiro atoms. The molecule has 0 atom stereocenters. The first kappa shape index (κ1) is 21.2. The van der Waals surface area contributed by atoms with E-state index >= 15 is 0 Å². The third kappa shape index (κ3) is 4.98. The second kappa shape index (κ2) is 8.23. The molecule has 0 aromatic heterocycles. The van der Waals surface area contributed by atoms with Crippen LogP contribution in [0.15, 0.2) is 42.5 Å². The van der Waals surface area contributed by atoms with Gasteiger partial charge in [0.25, 0.3) is 0 Å². The third-order valence-electron chi connectivity index (χ3n) is 5.62. The van der Waals surface area contributed by atoms with Crippen molar-refractivity contribution in [3.05, 3.63) is 64.7 Å². The van der Waals surface area contributed by atoms with E-state index in [0.29, 0.717) is 13.0 Å². The molecule has 1 saturated carbocycles. The van der Waals surface area contributed by atoms with E-state index in [-0.39, 0.29) is 30.3 Å². The maximum Gasteiger partial charge on any atom is 0.416 e. The number of hydrogen-bond donors (Lipinski definition) is 0. The lowest BCUT2D eigenvalue weighted by atomic mass is 10.1.